The van der Waals surface area contributed by atoms with Crippen LogP contribution in [-0.4, -0.2) is 49.2 Å². The van der Waals surface area contributed by atoms with Gasteiger partial charge in [-0.2, -0.15) is 10.6 Å². The van der Waals surface area contributed by atoms with E-state index in [1.165, 1.54) is 6.26 Å². The van der Waals surface area contributed by atoms with Gasteiger partial charge in [0, 0.05) is 43.3 Å². The number of aromatic amines is 1. The van der Waals surface area contributed by atoms with Crippen LogP contribution in [-0.2, 0) is 13.1 Å². The molecule has 0 aliphatic carbocycles. The number of carbonyl (C=O) groups excluding carboxylic acids is 1. The molecule has 7 nitrogen and oxygen atoms in total. The Kier molecular flexibility index (Phi) is 6.34. The predicted molar refractivity (Wildman–Crippen MR) is 140 cm³/mol. The van der Waals surface area contributed by atoms with Crippen LogP contribution >= 0.6 is 10.6 Å². The molecule has 180 valence electrons. The molecule has 1 amide bonds. The number of anilines is 1. The molecule has 1 aliphatic heterocycles. The number of hydrogen-bond donors (Lipinski definition) is 3. The Balaban J connectivity index is 1.47. The van der Waals surface area contributed by atoms with E-state index in [2.05, 4.69) is 45.2 Å². The summed E-state index contributed by atoms with van der Waals surface area (Å²) in [6.45, 7) is 2.39. The topological polar surface area (TPSA) is 92.7 Å². The first kappa shape index (κ1) is 23.2. The van der Waals surface area contributed by atoms with Gasteiger partial charge in [-0.3, -0.25) is 13.9 Å². The van der Waals surface area contributed by atoms with Gasteiger partial charge in [-0.15, -0.1) is 0 Å². The number of nitrogens with one attached hydrogen (secondary N) is 1. The van der Waals surface area contributed by atoms with Crippen LogP contribution in [0.3, 0.4) is 0 Å². The van der Waals surface area contributed by atoms with Gasteiger partial charge < -0.3 is 14.8 Å². The van der Waals surface area contributed by atoms with Crippen molar-refractivity contribution in [2.75, 3.05) is 24.2 Å². The molecule has 0 unspecified atom stereocenters. The number of fused-ring (bicyclic) bond motifs is 1. The maximum Gasteiger partial charge on any atom is 0.254 e. The normalized spacial score (nSPS) is 14.4. The second kappa shape index (κ2) is 9.58. The molecule has 4 aromatic rings. The van der Waals surface area contributed by atoms with E-state index in [1.54, 1.807) is 30.6 Å². The third-order valence-electron chi connectivity index (χ3n) is 6.28. The van der Waals surface area contributed by atoms with Crippen molar-refractivity contribution >= 4 is 22.2 Å². The van der Waals surface area contributed by atoms with Crippen molar-refractivity contribution in [1.82, 2.24) is 14.9 Å². The van der Waals surface area contributed by atoms with E-state index in [0.717, 1.165) is 28.1 Å². The van der Waals surface area contributed by atoms with Crippen LogP contribution in [0.2, 0.25) is 0 Å². The molecule has 0 radical (unpaired) electrons. The maximum atomic E-state index is 13.5. The molecular weight excluding hydrogens is 460 g/mol. The third-order valence-corrected chi connectivity index (χ3v) is 7.44. The molecule has 1 aromatic heterocycles. The predicted octanol–water partition coefficient (Wildman–Crippen LogP) is 5.48. The standard InChI is InChI=1S/C27H28N4O3S/c1-35(33,34)25-10-7-21(8-11-25)27(32)31-14-13-30(18-24-16-28-19-29-24)26-12-9-22(15-23(26)17-31)20-5-3-2-4-6-20/h2-12,15-16,19,33-34H,13-14,17-18H2,1H3,(H,28,29). The summed E-state index contributed by atoms with van der Waals surface area (Å²) in [7, 11) is -2.82. The highest BCUT2D eigenvalue weighted by atomic mass is 32.3. The number of aromatic nitrogens is 2. The molecule has 0 saturated carbocycles. The molecule has 0 saturated heterocycles. The van der Waals surface area contributed by atoms with Crippen LogP contribution in [0, 0.1) is 0 Å². The summed E-state index contributed by atoms with van der Waals surface area (Å²) in [6.07, 6.45) is 4.89. The molecule has 3 N–H and O–H groups in total. The number of rotatable bonds is 5. The van der Waals surface area contributed by atoms with Gasteiger partial charge in [-0.1, -0.05) is 36.4 Å². The van der Waals surface area contributed by atoms with Gasteiger partial charge in [0.15, 0.2) is 0 Å². The van der Waals surface area contributed by atoms with Crippen molar-refractivity contribution in [3.8, 4) is 11.1 Å². The van der Waals surface area contributed by atoms with Crippen LogP contribution in [0.1, 0.15) is 21.6 Å². The number of hydrogen-bond acceptors (Lipinski definition) is 5. The quantitative estimate of drug-likeness (QED) is 0.346. The van der Waals surface area contributed by atoms with Crippen molar-refractivity contribution in [2.45, 2.75) is 18.0 Å². The van der Waals surface area contributed by atoms with E-state index in [0.29, 0.717) is 36.6 Å². The van der Waals surface area contributed by atoms with E-state index in [4.69, 9.17) is 0 Å². The Morgan fingerprint density at radius 3 is 2.46 bits per heavy atom. The highest BCUT2D eigenvalue weighted by Gasteiger charge is 2.25. The number of nitrogens with zero attached hydrogens (tertiary/aromatic N) is 3. The van der Waals surface area contributed by atoms with E-state index in [9.17, 15) is 13.9 Å². The first-order valence-corrected chi connectivity index (χ1v) is 13.4. The van der Waals surface area contributed by atoms with Crippen molar-refractivity contribution in [2.24, 2.45) is 0 Å². The van der Waals surface area contributed by atoms with Crippen LogP contribution < -0.4 is 4.90 Å². The zero-order chi connectivity index (χ0) is 24.4. The minimum atomic E-state index is -2.82. The molecule has 0 spiro atoms. The lowest BCUT2D eigenvalue weighted by molar-refractivity contribution is 0.0751. The number of amides is 1. The summed E-state index contributed by atoms with van der Waals surface area (Å²) in [5, 5.41) is 0. The zero-order valence-electron chi connectivity index (χ0n) is 19.5. The lowest BCUT2D eigenvalue weighted by atomic mass is 10.0. The Bertz CT molecular complexity index is 1300. The van der Waals surface area contributed by atoms with Gasteiger partial charge in [-0.25, -0.2) is 4.98 Å². The van der Waals surface area contributed by atoms with Crippen molar-refractivity contribution in [3.05, 3.63) is 102 Å². The minimum Gasteiger partial charge on any atom is -0.364 e. The van der Waals surface area contributed by atoms with Crippen molar-refractivity contribution in [3.63, 3.8) is 0 Å². The van der Waals surface area contributed by atoms with Gasteiger partial charge in [0.25, 0.3) is 5.91 Å². The summed E-state index contributed by atoms with van der Waals surface area (Å²) < 4.78 is 19.8. The Labute approximate surface area is 206 Å². The Morgan fingerprint density at radius 2 is 1.77 bits per heavy atom. The Hall–Kier alpha value is -3.59. The second-order valence-electron chi connectivity index (χ2n) is 8.79. The van der Waals surface area contributed by atoms with Gasteiger partial charge in [0.2, 0.25) is 0 Å². The van der Waals surface area contributed by atoms with E-state index >= 15 is 0 Å². The SMILES string of the molecule is CS(O)(O)c1ccc(C(=O)N2CCN(Cc3cnc[nH]3)c3ccc(-c4ccccc4)cc3C2)cc1. The molecule has 0 bridgehead atoms. The van der Waals surface area contributed by atoms with Crippen molar-refractivity contribution < 1.29 is 13.9 Å². The first-order chi connectivity index (χ1) is 16.9. The number of benzene rings is 3. The summed E-state index contributed by atoms with van der Waals surface area (Å²) in [4.78, 5) is 25.4. The monoisotopic (exact) mass is 488 g/mol. The largest absolute Gasteiger partial charge is 0.364 e. The average molecular weight is 489 g/mol. The van der Waals surface area contributed by atoms with Crippen molar-refractivity contribution in [1.29, 1.82) is 0 Å². The van der Waals surface area contributed by atoms with Crippen LogP contribution in [0.15, 0.2) is 90.2 Å². The summed E-state index contributed by atoms with van der Waals surface area (Å²) in [5.41, 5.74) is 5.96. The molecule has 0 atom stereocenters. The molecule has 8 heteroatoms. The fraction of sp³-hybridized carbons (Fsp3) is 0.185. The number of H-pyrrole nitrogens is 1. The fourth-order valence-corrected chi connectivity index (χ4v) is 5.08. The van der Waals surface area contributed by atoms with Gasteiger partial charge in [-0.05, 0) is 53.1 Å². The lowest BCUT2D eigenvalue weighted by Gasteiger charge is -2.27. The van der Waals surface area contributed by atoms with Gasteiger partial charge in [0.05, 0.1) is 23.5 Å². The highest BCUT2D eigenvalue weighted by Crippen LogP contribution is 2.43. The fourth-order valence-electron chi connectivity index (χ4n) is 4.43. The van der Waals surface area contributed by atoms with E-state index in [-0.39, 0.29) is 5.91 Å². The molecule has 3 aromatic carbocycles. The molecular formula is C27H28N4O3S. The lowest BCUT2D eigenvalue weighted by Crippen LogP contribution is -2.35. The second-order valence-corrected chi connectivity index (χ2v) is 10.9. The van der Waals surface area contributed by atoms with E-state index < -0.39 is 10.6 Å². The van der Waals surface area contributed by atoms with Crippen LogP contribution in [0.4, 0.5) is 5.69 Å². The van der Waals surface area contributed by atoms with Gasteiger partial charge in [0.1, 0.15) is 0 Å². The minimum absolute atomic E-state index is 0.0800. The summed E-state index contributed by atoms with van der Waals surface area (Å²) in [5.74, 6) is -0.0800. The highest BCUT2D eigenvalue weighted by molar-refractivity contribution is 8.23. The number of carbonyl (C=O) groups is 1. The van der Waals surface area contributed by atoms with Gasteiger partial charge >= 0.3 is 0 Å². The Morgan fingerprint density at radius 1 is 1.00 bits per heavy atom. The molecule has 1 aliphatic rings. The maximum absolute atomic E-state index is 13.5. The molecule has 35 heavy (non-hydrogen) atoms. The van der Waals surface area contributed by atoms with Crippen LogP contribution in [0.25, 0.3) is 11.1 Å². The summed E-state index contributed by atoms with van der Waals surface area (Å²) >= 11 is 0. The summed E-state index contributed by atoms with van der Waals surface area (Å²) in [6, 6.07) is 23.2. The van der Waals surface area contributed by atoms with E-state index in [1.807, 2.05) is 29.3 Å². The molecule has 5 rings (SSSR count). The molecule has 2 heterocycles. The average Bonchev–Trinajstić information content (AvgIpc) is 3.31. The molecule has 0 fully saturated rings. The van der Waals surface area contributed by atoms with Crippen LogP contribution in [0.5, 0.6) is 0 Å². The first-order valence-electron chi connectivity index (χ1n) is 11.4. The number of imidazole rings is 1. The zero-order valence-corrected chi connectivity index (χ0v) is 20.3. The third kappa shape index (κ3) is 5.09. The smallest absolute Gasteiger partial charge is 0.254 e.